The lowest BCUT2D eigenvalue weighted by Gasteiger charge is -2.33. The largest absolute Gasteiger partial charge is 0.361 e. The third kappa shape index (κ3) is 5.18. The third-order valence-electron chi connectivity index (χ3n) is 7.08. The molecule has 6 nitrogen and oxygen atoms in total. The van der Waals surface area contributed by atoms with Gasteiger partial charge >= 0.3 is 0 Å². The Morgan fingerprint density at radius 3 is 2.47 bits per heavy atom. The summed E-state index contributed by atoms with van der Waals surface area (Å²) in [7, 11) is 0. The number of nitrogens with one attached hydrogen (secondary N) is 2. The lowest BCUT2D eigenvalue weighted by atomic mass is 9.94. The minimum Gasteiger partial charge on any atom is -0.361 e. The number of amides is 2. The van der Waals surface area contributed by atoms with Crippen LogP contribution in [-0.2, 0) is 16.0 Å². The SMILES string of the molecule is Cc1ccc(N(C(=O)Cc2c[nH]c3ccccc23)[C@H](C(=O)NC2CCCCC2)c2ccncc2)cc1. The lowest BCUT2D eigenvalue weighted by Crippen LogP contribution is -2.47. The van der Waals surface area contributed by atoms with Gasteiger partial charge in [0.25, 0.3) is 0 Å². The van der Waals surface area contributed by atoms with Crippen molar-refractivity contribution in [3.8, 4) is 0 Å². The summed E-state index contributed by atoms with van der Waals surface area (Å²) in [5.41, 5.74) is 4.43. The minimum atomic E-state index is -0.796. The van der Waals surface area contributed by atoms with Crippen molar-refractivity contribution in [1.29, 1.82) is 0 Å². The van der Waals surface area contributed by atoms with Crippen LogP contribution in [0.5, 0.6) is 0 Å². The Bertz CT molecular complexity index is 1320. The Balaban J connectivity index is 1.54. The van der Waals surface area contributed by atoms with Gasteiger partial charge in [0, 0.05) is 41.2 Å². The van der Waals surface area contributed by atoms with Crippen LogP contribution < -0.4 is 10.2 Å². The predicted molar refractivity (Wildman–Crippen MR) is 143 cm³/mol. The normalized spacial score (nSPS) is 14.9. The number of nitrogens with zero attached hydrogens (tertiary/aromatic N) is 2. The zero-order chi connectivity index (χ0) is 24.9. The first kappa shape index (κ1) is 23.8. The van der Waals surface area contributed by atoms with E-state index in [4.69, 9.17) is 0 Å². The van der Waals surface area contributed by atoms with Gasteiger partial charge < -0.3 is 10.3 Å². The van der Waals surface area contributed by atoms with Crippen molar-refractivity contribution in [1.82, 2.24) is 15.3 Å². The number of aryl methyl sites for hydroxylation is 1. The molecular weight excluding hydrogens is 448 g/mol. The number of rotatable bonds is 7. The van der Waals surface area contributed by atoms with Gasteiger partial charge in [0.05, 0.1) is 6.42 Å². The number of hydrogen-bond acceptors (Lipinski definition) is 3. The van der Waals surface area contributed by atoms with Crippen molar-refractivity contribution in [2.45, 2.75) is 57.5 Å². The van der Waals surface area contributed by atoms with E-state index in [1.54, 1.807) is 17.3 Å². The fourth-order valence-corrected chi connectivity index (χ4v) is 5.16. The number of aromatic amines is 1. The highest BCUT2D eigenvalue weighted by Gasteiger charge is 2.34. The standard InChI is InChI=1S/C30H32N4O2/c1-21-11-13-25(14-12-21)34(28(35)19-23-20-32-27-10-6-5-9-26(23)27)29(22-15-17-31-18-16-22)30(36)33-24-7-3-2-4-8-24/h5-6,9-18,20,24,29,32H,2-4,7-8,19H2,1H3,(H,33,36)/t29-/m0/s1. The maximum absolute atomic E-state index is 14.1. The fraction of sp³-hybridized carbons (Fsp3) is 0.300. The van der Waals surface area contributed by atoms with E-state index in [0.29, 0.717) is 5.69 Å². The monoisotopic (exact) mass is 480 g/mol. The summed E-state index contributed by atoms with van der Waals surface area (Å²) >= 11 is 0. The molecule has 1 aliphatic carbocycles. The first-order valence-electron chi connectivity index (χ1n) is 12.7. The van der Waals surface area contributed by atoms with Crippen molar-refractivity contribution in [3.63, 3.8) is 0 Å². The first-order valence-corrected chi connectivity index (χ1v) is 12.7. The summed E-state index contributed by atoms with van der Waals surface area (Å²) in [6.45, 7) is 2.01. The van der Waals surface area contributed by atoms with Gasteiger partial charge in [-0.2, -0.15) is 0 Å². The number of fused-ring (bicyclic) bond motifs is 1. The van der Waals surface area contributed by atoms with Crippen molar-refractivity contribution in [3.05, 3.63) is 95.9 Å². The fourth-order valence-electron chi connectivity index (χ4n) is 5.16. The molecule has 1 atom stereocenters. The second-order valence-electron chi connectivity index (χ2n) is 9.66. The predicted octanol–water partition coefficient (Wildman–Crippen LogP) is 5.64. The van der Waals surface area contributed by atoms with E-state index in [1.165, 1.54) is 6.42 Å². The molecule has 0 unspecified atom stereocenters. The molecule has 4 aromatic rings. The number of benzene rings is 2. The number of para-hydroxylation sites is 1. The summed E-state index contributed by atoms with van der Waals surface area (Å²) in [6.07, 6.45) is 10.8. The Morgan fingerprint density at radius 2 is 1.72 bits per heavy atom. The smallest absolute Gasteiger partial charge is 0.248 e. The van der Waals surface area contributed by atoms with Gasteiger partial charge in [-0.15, -0.1) is 0 Å². The molecule has 1 fully saturated rings. The molecule has 2 aromatic heterocycles. The lowest BCUT2D eigenvalue weighted by molar-refractivity contribution is -0.127. The van der Waals surface area contributed by atoms with Gasteiger partial charge in [-0.25, -0.2) is 0 Å². The van der Waals surface area contributed by atoms with Crippen LogP contribution in [0.15, 0.2) is 79.3 Å². The van der Waals surface area contributed by atoms with Gasteiger partial charge in [0.2, 0.25) is 11.8 Å². The van der Waals surface area contributed by atoms with E-state index in [0.717, 1.165) is 53.3 Å². The second kappa shape index (κ2) is 10.8. The summed E-state index contributed by atoms with van der Waals surface area (Å²) in [6, 6.07) is 18.7. The van der Waals surface area contributed by atoms with Gasteiger partial charge in [-0.3, -0.25) is 19.5 Å². The number of anilines is 1. The summed E-state index contributed by atoms with van der Waals surface area (Å²) in [4.78, 5) is 37.0. The van der Waals surface area contributed by atoms with E-state index >= 15 is 0 Å². The number of hydrogen-bond donors (Lipinski definition) is 2. The Kier molecular flexibility index (Phi) is 7.12. The van der Waals surface area contributed by atoms with Gasteiger partial charge in [-0.1, -0.05) is 55.2 Å². The van der Waals surface area contributed by atoms with E-state index in [2.05, 4.69) is 15.3 Å². The third-order valence-corrected chi connectivity index (χ3v) is 7.08. The molecule has 2 aromatic carbocycles. The van der Waals surface area contributed by atoms with Crippen LogP contribution in [0.3, 0.4) is 0 Å². The average molecular weight is 481 g/mol. The van der Waals surface area contributed by atoms with Crippen LogP contribution in [0.1, 0.15) is 54.8 Å². The quantitative estimate of drug-likeness (QED) is 0.359. The summed E-state index contributed by atoms with van der Waals surface area (Å²) in [5, 5.41) is 4.28. The van der Waals surface area contributed by atoms with E-state index < -0.39 is 6.04 Å². The van der Waals surface area contributed by atoms with Gasteiger partial charge in [-0.05, 0) is 61.2 Å². The molecule has 2 amide bonds. The Morgan fingerprint density at radius 1 is 1.00 bits per heavy atom. The zero-order valence-corrected chi connectivity index (χ0v) is 20.6. The number of carbonyl (C=O) groups is 2. The molecular formula is C30H32N4O2. The highest BCUT2D eigenvalue weighted by Crippen LogP contribution is 2.31. The molecule has 2 N–H and O–H groups in total. The van der Waals surface area contributed by atoms with Crippen molar-refractivity contribution in [2.24, 2.45) is 0 Å². The molecule has 6 heteroatoms. The highest BCUT2D eigenvalue weighted by atomic mass is 16.2. The Labute approximate surface area is 211 Å². The molecule has 5 rings (SSSR count). The number of H-pyrrole nitrogens is 1. The molecule has 184 valence electrons. The maximum atomic E-state index is 14.1. The molecule has 36 heavy (non-hydrogen) atoms. The molecule has 1 saturated carbocycles. The van der Waals surface area contributed by atoms with Crippen molar-refractivity contribution in [2.75, 3.05) is 4.90 Å². The molecule has 0 bridgehead atoms. The summed E-state index contributed by atoms with van der Waals surface area (Å²) in [5.74, 6) is -0.287. The zero-order valence-electron chi connectivity index (χ0n) is 20.6. The first-order chi connectivity index (χ1) is 17.6. The van der Waals surface area contributed by atoms with Gasteiger partial charge in [0.1, 0.15) is 6.04 Å². The molecule has 0 aliphatic heterocycles. The van der Waals surface area contributed by atoms with Crippen LogP contribution in [0.2, 0.25) is 0 Å². The van der Waals surface area contributed by atoms with Crippen molar-refractivity contribution >= 4 is 28.4 Å². The average Bonchev–Trinajstić information content (AvgIpc) is 3.31. The van der Waals surface area contributed by atoms with Crippen LogP contribution in [0.25, 0.3) is 10.9 Å². The van der Waals surface area contributed by atoms with Crippen LogP contribution in [0.4, 0.5) is 5.69 Å². The topological polar surface area (TPSA) is 78.1 Å². The molecule has 0 radical (unpaired) electrons. The number of carbonyl (C=O) groups excluding carboxylic acids is 2. The second-order valence-corrected chi connectivity index (χ2v) is 9.66. The van der Waals surface area contributed by atoms with Gasteiger partial charge in [0.15, 0.2) is 0 Å². The van der Waals surface area contributed by atoms with E-state index in [1.807, 2.05) is 73.8 Å². The molecule has 0 spiro atoms. The summed E-state index contributed by atoms with van der Waals surface area (Å²) < 4.78 is 0. The molecule has 1 aliphatic rings. The number of aromatic nitrogens is 2. The van der Waals surface area contributed by atoms with Crippen LogP contribution >= 0.6 is 0 Å². The van der Waals surface area contributed by atoms with Crippen LogP contribution in [0, 0.1) is 6.92 Å². The molecule has 0 saturated heterocycles. The minimum absolute atomic E-state index is 0.135. The Hall–Kier alpha value is -3.93. The van der Waals surface area contributed by atoms with E-state index in [9.17, 15) is 9.59 Å². The van der Waals surface area contributed by atoms with E-state index in [-0.39, 0.29) is 24.3 Å². The number of pyridine rings is 1. The molecule has 2 heterocycles. The highest BCUT2D eigenvalue weighted by molar-refractivity contribution is 6.03. The van der Waals surface area contributed by atoms with Crippen molar-refractivity contribution < 1.29 is 9.59 Å². The maximum Gasteiger partial charge on any atom is 0.248 e. The van der Waals surface area contributed by atoms with Crippen LogP contribution in [-0.4, -0.2) is 27.8 Å².